The fourth-order valence-corrected chi connectivity index (χ4v) is 2.68. The number of hydrogen-bond acceptors (Lipinski definition) is 6. The first kappa shape index (κ1) is 17.5. The van der Waals surface area contributed by atoms with Gasteiger partial charge in [-0.3, -0.25) is 4.57 Å². The Hall–Kier alpha value is -2.32. The highest BCUT2D eigenvalue weighted by Gasteiger charge is 2.14. The zero-order valence-corrected chi connectivity index (χ0v) is 15.0. The van der Waals surface area contributed by atoms with Crippen LogP contribution in [0.15, 0.2) is 17.1 Å². The maximum Gasteiger partial charge on any atom is 0.328 e. The fourth-order valence-electron chi connectivity index (χ4n) is 2.38. The Morgan fingerprint density at radius 2 is 2.16 bits per heavy atom. The number of halogens is 2. The summed E-state index contributed by atoms with van der Waals surface area (Å²) in [4.78, 5) is 27.6. The Morgan fingerprint density at radius 3 is 2.88 bits per heavy atom. The highest BCUT2D eigenvalue weighted by atomic mass is 35.5. The molecule has 25 heavy (non-hydrogen) atoms. The number of imidazole rings is 1. The summed E-state index contributed by atoms with van der Waals surface area (Å²) in [5.41, 5.74) is 7.15. The highest BCUT2D eigenvalue weighted by Crippen LogP contribution is 2.21. The van der Waals surface area contributed by atoms with Crippen LogP contribution in [0.1, 0.15) is 25.3 Å². The molecule has 3 rings (SSSR count). The predicted octanol–water partition coefficient (Wildman–Crippen LogP) is 2.66. The van der Waals surface area contributed by atoms with E-state index in [0.29, 0.717) is 22.1 Å². The van der Waals surface area contributed by atoms with E-state index >= 15 is 0 Å². The summed E-state index contributed by atoms with van der Waals surface area (Å²) in [6.07, 6.45) is 3.59. The minimum Gasteiger partial charge on any atom is -0.382 e. The summed E-state index contributed by atoms with van der Waals surface area (Å²) in [7, 11) is 0. The van der Waals surface area contributed by atoms with Crippen LogP contribution in [-0.2, 0) is 6.54 Å². The quantitative estimate of drug-likeness (QED) is 0.446. The van der Waals surface area contributed by atoms with Crippen LogP contribution in [0.2, 0.25) is 10.2 Å². The fraction of sp³-hybridized carbons (Fsp3) is 0.333. The molecule has 0 aliphatic carbocycles. The summed E-state index contributed by atoms with van der Waals surface area (Å²) in [6.45, 7) is 3.05. The molecule has 4 N–H and O–H groups in total. The molecule has 0 saturated heterocycles. The molecule has 0 radical (unpaired) electrons. The van der Waals surface area contributed by atoms with E-state index in [2.05, 4.69) is 32.2 Å². The lowest BCUT2D eigenvalue weighted by molar-refractivity contribution is 0.773. The Morgan fingerprint density at radius 1 is 1.36 bits per heavy atom. The molecule has 0 atom stereocenters. The Labute approximate surface area is 153 Å². The molecule has 3 heterocycles. The number of hydrogen-bond donors (Lipinski definition) is 3. The number of nitrogens with zero attached hydrogens (tertiary/aromatic N) is 4. The van der Waals surface area contributed by atoms with Gasteiger partial charge >= 0.3 is 5.69 Å². The van der Waals surface area contributed by atoms with E-state index in [9.17, 15) is 4.79 Å². The van der Waals surface area contributed by atoms with E-state index in [0.717, 1.165) is 24.9 Å². The van der Waals surface area contributed by atoms with Gasteiger partial charge in [0.15, 0.2) is 11.5 Å². The molecule has 0 fully saturated rings. The second kappa shape index (κ2) is 7.28. The van der Waals surface area contributed by atoms with Crippen molar-refractivity contribution in [3.8, 4) is 0 Å². The van der Waals surface area contributed by atoms with Gasteiger partial charge in [0.05, 0.1) is 11.6 Å². The van der Waals surface area contributed by atoms with Gasteiger partial charge in [0, 0.05) is 12.7 Å². The van der Waals surface area contributed by atoms with Gasteiger partial charge in [0.1, 0.15) is 10.7 Å². The van der Waals surface area contributed by atoms with E-state index in [1.165, 1.54) is 4.57 Å². The Bertz CT molecular complexity index is 966. The number of unbranched alkanes of at least 4 members (excludes halogenated alkanes) is 1. The molecule has 0 bridgehead atoms. The third-order valence-electron chi connectivity index (χ3n) is 3.66. The van der Waals surface area contributed by atoms with Gasteiger partial charge in [-0.2, -0.15) is 9.97 Å². The van der Waals surface area contributed by atoms with Gasteiger partial charge in [-0.15, -0.1) is 0 Å². The van der Waals surface area contributed by atoms with Crippen LogP contribution >= 0.6 is 23.2 Å². The second-order valence-corrected chi connectivity index (χ2v) is 6.31. The summed E-state index contributed by atoms with van der Waals surface area (Å²) in [6, 6.07) is 1.66. The lowest BCUT2D eigenvalue weighted by atomic mass is 10.3. The number of anilines is 2. The van der Waals surface area contributed by atoms with Crippen molar-refractivity contribution in [1.29, 1.82) is 0 Å². The first-order valence-corrected chi connectivity index (χ1v) is 8.55. The molecule has 0 aliphatic rings. The monoisotopic (exact) mass is 381 g/mol. The molecular formula is C15H17Cl2N7O. The molecule has 132 valence electrons. The van der Waals surface area contributed by atoms with Crippen LogP contribution in [-0.4, -0.2) is 31.0 Å². The Balaban J connectivity index is 2.00. The summed E-state index contributed by atoms with van der Waals surface area (Å²) in [5.74, 6) is 0.602. The molecule has 3 aromatic heterocycles. The first-order chi connectivity index (χ1) is 12.0. The van der Waals surface area contributed by atoms with Crippen molar-refractivity contribution in [2.75, 3.05) is 17.6 Å². The molecule has 10 heteroatoms. The predicted molar refractivity (Wildman–Crippen MR) is 99.3 cm³/mol. The molecule has 0 unspecified atom stereocenters. The average Bonchev–Trinajstić information content (AvgIpc) is 2.88. The summed E-state index contributed by atoms with van der Waals surface area (Å²) >= 11 is 11.8. The highest BCUT2D eigenvalue weighted by molar-refractivity contribution is 6.41. The number of nitrogens with one attached hydrogen (secondary N) is 2. The van der Waals surface area contributed by atoms with Crippen LogP contribution in [0.25, 0.3) is 11.2 Å². The smallest absolute Gasteiger partial charge is 0.328 e. The molecule has 0 amide bonds. The van der Waals surface area contributed by atoms with E-state index in [-0.39, 0.29) is 23.2 Å². The van der Waals surface area contributed by atoms with Crippen molar-refractivity contribution in [3.63, 3.8) is 0 Å². The van der Waals surface area contributed by atoms with Gasteiger partial charge < -0.3 is 16.0 Å². The van der Waals surface area contributed by atoms with E-state index in [4.69, 9.17) is 28.9 Å². The van der Waals surface area contributed by atoms with Crippen molar-refractivity contribution in [3.05, 3.63) is 38.5 Å². The lowest BCUT2D eigenvalue weighted by Crippen LogP contribution is -2.18. The largest absolute Gasteiger partial charge is 0.382 e. The third-order valence-corrected chi connectivity index (χ3v) is 4.34. The lowest BCUT2D eigenvalue weighted by Gasteiger charge is -2.07. The number of fused-ring (bicyclic) bond motifs is 1. The normalized spacial score (nSPS) is 11.2. The van der Waals surface area contributed by atoms with Gasteiger partial charge in [-0.05, 0) is 18.1 Å². The number of pyridine rings is 1. The molecule has 0 saturated carbocycles. The number of aromatic amines is 1. The SMILES string of the molecule is CCCCNc1nc(N)c2[nH]c(=O)n(Cc3cnc(Cl)c(Cl)c3)c2n1. The standard InChI is InChI=1S/C15H17Cl2N7O/c1-2-3-4-19-14-22-12(18)10-13(23-14)24(15(25)21-10)7-8-5-9(16)11(17)20-6-8/h5-6H,2-4,7H2,1H3,(H,21,25)(H3,18,19,22,23). The Kier molecular flexibility index (Phi) is 5.10. The zero-order valence-electron chi connectivity index (χ0n) is 13.5. The van der Waals surface area contributed by atoms with Crippen LogP contribution in [0.5, 0.6) is 0 Å². The van der Waals surface area contributed by atoms with Gasteiger partial charge in [0.2, 0.25) is 5.95 Å². The number of aromatic nitrogens is 5. The summed E-state index contributed by atoms with van der Waals surface area (Å²) in [5, 5.41) is 3.65. The van der Waals surface area contributed by atoms with Crippen molar-refractivity contribution in [2.45, 2.75) is 26.3 Å². The topological polar surface area (TPSA) is 115 Å². The summed E-state index contributed by atoms with van der Waals surface area (Å²) < 4.78 is 1.46. The van der Waals surface area contributed by atoms with E-state index in [1.54, 1.807) is 12.3 Å². The van der Waals surface area contributed by atoms with Crippen LogP contribution in [0, 0.1) is 0 Å². The number of rotatable bonds is 6. The van der Waals surface area contributed by atoms with Gasteiger partial charge in [0.25, 0.3) is 0 Å². The van der Waals surface area contributed by atoms with Gasteiger partial charge in [-0.25, -0.2) is 9.78 Å². The van der Waals surface area contributed by atoms with E-state index < -0.39 is 0 Å². The molecular weight excluding hydrogens is 365 g/mol. The van der Waals surface area contributed by atoms with Crippen LogP contribution in [0.3, 0.4) is 0 Å². The molecule has 3 aromatic rings. The zero-order chi connectivity index (χ0) is 18.0. The molecule has 8 nitrogen and oxygen atoms in total. The maximum absolute atomic E-state index is 12.3. The molecule has 0 spiro atoms. The van der Waals surface area contributed by atoms with Gasteiger partial charge in [-0.1, -0.05) is 36.5 Å². The maximum atomic E-state index is 12.3. The number of nitrogens with two attached hydrogens (primary N) is 1. The van der Waals surface area contributed by atoms with Crippen molar-refractivity contribution < 1.29 is 0 Å². The number of H-pyrrole nitrogens is 1. The van der Waals surface area contributed by atoms with Crippen molar-refractivity contribution in [1.82, 2.24) is 24.5 Å². The van der Waals surface area contributed by atoms with Crippen LogP contribution < -0.4 is 16.7 Å². The van der Waals surface area contributed by atoms with Crippen molar-refractivity contribution >= 4 is 46.1 Å². The minimum absolute atomic E-state index is 0.214. The van der Waals surface area contributed by atoms with Crippen molar-refractivity contribution in [2.24, 2.45) is 0 Å². The minimum atomic E-state index is -0.340. The third kappa shape index (κ3) is 3.69. The molecule has 0 aliphatic heterocycles. The van der Waals surface area contributed by atoms with E-state index in [1.807, 2.05) is 0 Å². The molecule has 0 aromatic carbocycles. The van der Waals surface area contributed by atoms with Crippen LogP contribution in [0.4, 0.5) is 11.8 Å². The first-order valence-electron chi connectivity index (χ1n) is 7.79. The number of nitrogen functional groups attached to an aromatic ring is 1. The average molecular weight is 382 g/mol. The second-order valence-electron chi connectivity index (χ2n) is 5.54.